The lowest BCUT2D eigenvalue weighted by atomic mass is 9.79. The van der Waals surface area contributed by atoms with Crippen molar-refractivity contribution in [1.82, 2.24) is 0 Å². The predicted molar refractivity (Wildman–Crippen MR) is 194 cm³/mol. The van der Waals surface area contributed by atoms with Crippen molar-refractivity contribution < 1.29 is 5.11 Å². The van der Waals surface area contributed by atoms with Gasteiger partial charge in [0.05, 0.1) is 12.1 Å². The third kappa shape index (κ3) is 5.78. The number of thioether (sulfide) groups is 1. The van der Waals surface area contributed by atoms with E-state index in [-0.39, 0.29) is 10.8 Å². The monoisotopic (exact) mass is 610 g/mol. The molecule has 0 amide bonds. The molecule has 0 spiro atoms. The topological polar surface area (TPSA) is 45.0 Å². The van der Waals surface area contributed by atoms with Crippen molar-refractivity contribution in [2.75, 3.05) is 5.75 Å². The number of aliphatic hydroxyl groups is 1. The van der Waals surface area contributed by atoms with Crippen molar-refractivity contribution >= 4 is 35.1 Å². The van der Waals surface area contributed by atoms with E-state index in [1.54, 1.807) is 11.8 Å². The third-order valence-corrected chi connectivity index (χ3v) is 11.1. The smallest absolute Gasteiger partial charge is 0.154 e. The number of aliphatic imine (C=N–C) groups is 2. The average Bonchev–Trinajstić information content (AvgIpc) is 3.26. The molecule has 4 heteroatoms. The Balaban J connectivity index is 1.51. The predicted octanol–water partition coefficient (Wildman–Crippen LogP) is 10.3. The molecule has 0 heterocycles. The van der Waals surface area contributed by atoms with Gasteiger partial charge in [0, 0.05) is 27.0 Å². The summed E-state index contributed by atoms with van der Waals surface area (Å²) in [5.74, 6) is 1.42. The molecule has 1 aliphatic carbocycles. The molecule has 228 valence electrons. The third-order valence-electron chi connectivity index (χ3n) is 9.71. The molecule has 0 bridgehead atoms. The highest BCUT2D eigenvalue weighted by Crippen LogP contribution is 2.53. The zero-order valence-corrected chi connectivity index (χ0v) is 28.0. The van der Waals surface area contributed by atoms with E-state index in [1.807, 2.05) is 44.2 Å². The van der Waals surface area contributed by atoms with Crippen LogP contribution in [0.2, 0.25) is 0 Å². The van der Waals surface area contributed by atoms with Gasteiger partial charge in [-0.3, -0.25) is 4.99 Å². The van der Waals surface area contributed by atoms with Crippen LogP contribution in [0.3, 0.4) is 0 Å². The van der Waals surface area contributed by atoms with Gasteiger partial charge >= 0.3 is 0 Å². The quantitative estimate of drug-likeness (QED) is 0.108. The Morgan fingerprint density at radius 2 is 1.44 bits per heavy atom. The van der Waals surface area contributed by atoms with E-state index in [1.165, 1.54) is 44.2 Å². The van der Waals surface area contributed by atoms with Crippen LogP contribution >= 0.6 is 11.8 Å². The van der Waals surface area contributed by atoms with Gasteiger partial charge < -0.3 is 5.11 Å². The Hall–Kier alpha value is -3.99. The summed E-state index contributed by atoms with van der Waals surface area (Å²) in [6, 6.07) is 36.9. The van der Waals surface area contributed by atoms with Crippen LogP contribution in [0, 0.1) is 5.41 Å². The van der Waals surface area contributed by atoms with Gasteiger partial charge in [-0.1, -0.05) is 107 Å². The summed E-state index contributed by atoms with van der Waals surface area (Å²) < 4.78 is 0. The van der Waals surface area contributed by atoms with Crippen LogP contribution in [-0.4, -0.2) is 29.0 Å². The van der Waals surface area contributed by atoms with E-state index in [0.29, 0.717) is 12.4 Å². The van der Waals surface area contributed by atoms with Crippen LogP contribution in [0.4, 0.5) is 0 Å². The molecule has 0 atom stereocenters. The molecular formula is C41H42N2OS. The fourth-order valence-electron chi connectivity index (χ4n) is 6.21. The summed E-state index contributed by atoms with van der Waals surface area (Å²) in [6.07, 6.45) is 0. The number of benzene rings is 5. The molecule has 5 aromatic carbocycles. The first-order valence-electron chi connectivity index (χ1n) is 15.6. The summed E-state index contributed by atoms with van der Waals surface area (Å²) in [7, 11) is 0. The summed E-state index contributed by atoms with van der Waals surface area (Å²) in [6.45, 7) is 17.0. The minimum Gasteiger partial charge on any atom is -0.390 e. The molecule has 45 heavy (non-hydrogen) atoms. The Morgan fingerprint density at radius 1 is 0.778 bits per heavy atom. The van der Waals surface area contributed by atoms with E-state index in [9.17, 15) is 5.11 Å². The Kier molecular flexibility index (Phi) is 8.09. The molecule has 0 unspecified atom stereocenters. The maximum Gasteiger partial charge on any atom is 0.154 e. The second kappa shape index (κ2) is 11.7. The van der Waals surface area contributed by atoms with Crippen LogP contribution in [0.5, 0.6) is 0 Å². The van der Waals surface area contributed by atoms with E-state index in [2.05, 4.69) is 112 Å². The standard InChI is InChI=1S/C41H42N2OS/c1-39(2,41(5,6)44)26-45-30-22-27(25-43-38(42-7)28-15-9-8-10-16-28)21-29(23-30)34-24-36-37(32-18-12-11-17-31(32)34)33-19-13-14-20-35(33)40(36,3)4/h8-24,44H,7,25-26H2,1-6H3. The van der Waals surface area contributed by atoms with E-state index >= 15 is 0 Å². The van der Waals surface area contributed by atoms with Gasteiger partial charge in [0.1, 0.15) is 0 Å². The largest absolute Gasteiger partial charge is 0.390 e. The van der Waals surface area contributed by atoms with Crippen LogP contribution in [0.25, 0.3) is 33.0 Å². The van der Waals surface area contributed by atoms with Crippen molar-refractivity contribution in [2.45, 2.75) is 64.0 Å². The first kappa shape index (κ1) is 31.0. The maximum absolute atomic E-state index is 10.9. The highest BCUT2D eigenvalue weighted by Gasteiger charge is 2.37. The highest BCUT2D eigenvalue weighted by molar-refractivity contribution is 7.99. The molecular weight excluding hydrogens is 569 g/mol. The van der Waals surface area contributed by atoms with E-state index in [4.69, 9.17) is 4.99 Å². The molecule has 0 saturated carbocycles. The van der Waals surface area contributed by atoms with Crippen molar-refractivity contribution in [3.63, 3.8) is 0 Å². The second-order valence-electron chi connectivity index (χ2n) is 13.8. The van der Waals surface area contributed by atoms with Crippen LogP contribution in [0.1, 0.15) is 63.8 Å². The van der Waals surface area contributed by atoms with Crippen LogP contribution < -0.4 is 0 Å². The molecule has 0 saturated heterocycles. The van der Waals surface area contributed by atoms with Gasteiger partial charge in [0.2, 0.25) is 0 Å². The zero-order valence-electron chi connectivity index (χ0n) is 27.2. The maximum atomic E-state index is 10.9. The number of nitrogens with zero attached hydrogens (tertiary/aromatic N) is 2. The minimum atomic E-state index is -0.804. The minimum absolute atomic E-state index is 0.110. The van der Waals surface area contributed by atoms with Gasteiger partial charge in [-0.05, 0) is 94.5 Å². The molecule has 0 radical (unpaired) electrons. The van der Waals surface area contributed by atoms with E-state index in [0.717, 1.165) is 21.8 Å². The fraction of sp³-hybridized carbons (Fsp3) is 0.268. The van der Waals surface area contributed by atoms with Gasteiger partial charge in [0.25, 0.3) is 0 Å². The SMILES string of the molecule is C=NC(=NCc1cc(SCC(C)(C)C(C)(C)O)cc(-c2cc3c(c4ccccc24)-c2ccccc2C3(C)C)c1)c1ccccc1. The van der Waals surface area contributed by atoms with E-state index < -0.39 is 5.60 Å². The lowest BCUT2D eigenvalue weighted by molar-refractivity contribution is -0.0210. The van der Waals surface area contributed by atoms with Gasteiger partial charge in [-0.2, -0.15) is 0 Å². The average molecular weight is 611 g/mol. The normalized spacial score (nSPS) is 14.3. The summed E-state index contributed by atoms with van der Waals surface area (Å²) >= 11 is 1.79. The first-order valence-corrected chi connectivity index (χ1v) is 16.6. The number of rotatable bonds is 8. The first-order chi connectivity index (χ1) is 21.4. The summed E-state index contributed by atoms with van der Waals surface area (Å²) in [4.78, 5) is 10.3. The molecule has 6 rings (SSSR count). The second-order valence-corrected chi connectivity index (χ2v) is 14.9. The molecule has 1 aliphatic rings. The van der Waals surface area contributed by atoms with Crippen molar-refractivity contribution in [3.05, 3.63) is 125 Å². The van der Waals surface area contributed by atoms with Crippen molar-refractivity contribution in [3.8, 4) is 22.3 Å². The molecule has 5 aromatic rings. The Labute approximate surface area is 272 Å². The zero-order chi connectivity index (χ0) is 32.0. The Morgan fingerprint density at radius 3 is 2.16 bits per heavy atom. The van der Waals surface area contributed by atoms with Gasteiger partial charge in [-0.25, -0.2) is 4.99 Å². The number of hydrogen-bond donors (Lipinski definition) is 1. The molecule has 3 nitrogen and oxygen atoms in total. The molecule has 0 aliphatic heterocycles. The lowest BCUT2D eigenvalue weighted by Gasteiger charge is -2.37. The number of fused-ring (bicyclic) bond motifs is 5. The molecule has 1 N–H and O–H groups in total. The number of hydrogen-bond acceptors (Lipinski definition) is 3. The fourth-order valence-corrected chi connectivity index (χ4v) is 7.53. The van der Waals surface area contributed by atoms with Gasteiger partial charge in [0.15, 0.2) is 5.84 Å². The molecule has 0 fully saturated rings. The van der Waals surface area contributed by atoms with Crippen molar-refractivity contribution in [2.24, 2.45) is 15.4 Å². The Bertz CT molecular complexity index is 1930. The summed E-state index contributed by atoms with van der Waals surface area (Å²) in [5, 5.41) is 13.4. The molecule has 0 aromatic heterocycles. The lowest BCUT2D eigenvalue weighted by Crippen LogP contribution is -2.40. The van der Waals surface area contributed by atoms with Crippen molar-refractivity contribution in [1.29, 1.82) is 0 Å². The van der Waals surface area contributed by atoms with Gasteiger partial charge in [-0.15, -0.1) is 11.8 Å². The van der Waals surface area contributed by atoms with Crippen LogP contribution in [-0.2, 0) is 12.0 Å². The van der Waals surface area contributed by atoms with Crippen LogP contribution in [0.15, 0.2) is 118 Å². The number of amidine groups is 1. The summed E-state index contributed by atoms with van der Waals surface area (Å²) in [5.41, 5.74) is 8.69. The highest BCUT2D eigenvalue weighted by atomic mass is 32.2.